The highest BCUT2D eigenvalue weighted by atomic mass is 32.2. The van der Waals surface area contributed by atoms with Crippen molar-refractivity contribution >= 4 is 15.9 Å². The van der Waals surface area contributed by atoms with E-state index in [0.717, 1.165) is 24.8 Å². The number of fused-ring (bicyclic) bond motifs is 2. The van der Waals surface area contributed by atoms with E-state index in [4.69, 9.17) is 5.73 Å². The van der Waals surface area contributed by atoms with Gasteiger partial charge in [0.25, 0.3) is 0 Å². The average molecular weight is 380 g/mol. The quantitative estimate of drug-likeness (QED) is 0.668. The van der Waals surface area contributed by atoms with E-state index in [-0.39, 0.29) is 29.7 Å². The molecule has 6 nitrogen and oxygen atoms in total. The van der Waals surface area contributed by atoms with Gasteiger partial charge >= 0.3 is 0 Å². The molecule has 0 radical (unpaired) electrons. The van der Waals surface area contributed by atoms with Gasteiger partial charge in [0.2, 0.25) is 15.9 Å². The van der Waals surface area contributed by atoms with Crippen molar-refractivity contribution in [2.75, 3.05) is 0 Å². The fourth-order valence-corrected chi connectivity index (χ4v) is 5.99. The van der Waals surface area contributed by atoms with E-state index in [9.17, 15) is 13.2 Å². The van der Waals surface area contributed by atoms with Crippen LogP contribution in [0.25, 0.3) is 0 Å². The zero-order valence-corrected chi connectivity index (χ0v) is 16.3. The molecule has 2 saturated carbocycles. The van der Waals surface area contributed by atoms with Crippen LogP contribution in [0.4, 0.5) is 0 Å². The van der Waals surface area contributed by atoms with Crippen LogP contribution >= 0.6 is 0 Å². The zero-order chi connectivity index (χ0) is 18.9. The lowest BCUT2D eigenvalue weighted by Gasteiger charge is -2.27. The molecule has 3 rings (SSSR count). The van der Waals surface area contributed by atoms with Gasteiger partial charge in [-0.3, -0.25) is 4.79 Å². The molecule has 2 aliphatic rings. The van der Waals surface area contributed by atoms with Crippen LogP contribution in [0, 0.1) is 17.8 Å². The molecular weight excluding hydrogens is 350 g/mol. The first-order valence-electron chi connectivity index (χ1n) is 9.37. The molecule has 1 aromatic rings. The van der Waals surface area contributed by atoms with Crippen molar-refractivity contribution < 1.29 is 13.2 Å². The molecule has 4 unspecified atom stereocenters. The smallest absolute Gasteiger partial charge is 0.225 e. The third-order valence-corrected chi connectivity index (χ3v) is 7.14. The molecule has 2 aliphatic carbocycles. The predicted molar refractivity (Wildman–Crippen MR) is 101 cm³/mol. The van der Waals surface area contributed by atoms with E-state index >= 15 is 0 Å². The Morgan fingerprint density at radius 2 is 1.85 bits per heavy atom. The maximum atomic E-state index is 12.6. The van der Waals surface area contributed by atoms with E-state index in [1.807, 2.05) is 18.2 Å². The van der Waals surface area contributed by atoms with Gasteiger partial charge in [0.05, 0.1) is 11.7 Å². The van der Waals surface area contributed by atoms with Gasteiger partial charge in [-0.05, 0) is 56.1 Å². The molecule has 2 fully saturated rings. The van der Waals surface area contributed by atoms with Crippen LogP contribution in [0.3, 0.4) is 0 Å². The summed E-state index contributed by atoms with van der Waals surface area (Å²) in [4.78, 5) is 12.6. The van der Waals surface area contributed by atoms with Gasteiger partial charge < -0.3 is 11.1 Å². The van der Waals surface area contributed by atoms with Gasteiger partial charge in [-0.25, -0.2) is 13.1 Å². The summed E-state index contributed by atoms with van der Waals surface area (Å²) in [5, 5.41) is 2.99. The Labute approximate surface area is 156 Å². The van der Waals surface area contributed by atoms with Crippen molar-refractivity contribution in [3.05, 3.63) is 35.4 Å². The summed E-state index contributed by atoms with van der Waals surface area (Å²) in [6.07, 6.45) is 3.29. The maximum absolute atomic E-state index is 12.6. The summed E-state index contributed by atoms with van der Waals surface area (Å²) in [6.45, 7) is 3.91. The number of rotatable bonds is 7. The predicted octanol–water partition coefficient (Wildman–Crippen LogP) is 1.50. The van der Waals surface area contributed by atoms with Gasteiger partial charge in [0.1, 0.15) is 0 Å². The summed E-state index contributed by atoms with van der Waals surface area (Å²) in [6, 6.07) is 7.14. The SMILES string of the molecule is CC(C)NS(=O)(=O)Cc1ccccc1CNC(=O)C1C2CCC(C2)C1N. The molecule has 0 aromatic heterocycles. The molecule has 0 heterocycles. The number of nitrogens with two attached hydrogens (primary N) is 1. The van der Waals surface area contributed by atoms with E-state index < -0.39 is 10.0 Å². The van der Waals surface area contributed by atoms with Gasteiger partial charge in [-0.2, -0.15) is 0 Å². The summed E-state index contributed by atoms with van der Waals surface area (Å²) in [5.74, 6) is 0.691. The minimum atomic E-state index is -3.41. The van der Waals surface area contributed by atoms with Gasteiger partial charge in [-0.15, -0.1) is 0 Å². The molecule has 4 N–H and O–H groups in total. The van der Waals surface area contributed by atoms with Crippen LogP contribution < -0.4 is 15.8 Å². The molecule has 0 aliphatic heterocycles. The highest BCUT2D eigenvalue weighted by Gasteiger charge is 2.48. The van der Waals surface area contributed by atoms with Crippen molar-refractivity contribution in [1.82, 2.24) is 10.0 Å². The molecule has 0 saturated heterocycles. The molecule has 2 bridgehead atoms. The summed E-state index contributed by atoms with van der Waals surface area (Å²) in [5.41, 5.74) is 7.78. The molecule has 7 heteroatoms. The second-order valence-electron chi connectivity index (χ2n) is 7.95. The van der Waals surface area contributed by atoms with Gasteiger partial charge in [0.15, 0.2) is 0 Å². The lowest BCUT2D eigenvalue weighted by atomic mass is 9.84. The zero-order valence-electron chi connectivity index (χ0n) is 15.4. The summed E-state index contributed by atoms with van der Waals surface area (Å²) in [7, 11) is -3.41. The summed E-state index contributed by atoms with van der Waals surface area (Å²) >= 11 is 0. The number of hydrogen-bond acceptors (Lipinski definition) is 4. The maximum Gasteiger partial charge on any atom is 0.225 e. The second-order valence-corrected chi connectivity index (χ2v) is 9.71. The Morgan fingerprint density at radius 3 is 2.46 bits per heavy atom. The minimum Gasteiger partial charge on any atom is -0.352 e. The molecular formula is C19H29N3O3S. The fraction of sp³-hybridized carbons (Fsp3) is 0.632. The Hall–Kier alpha value is -1.44. The highest BCUT2D eigenvalue weighted by Crippen LogP contribution is 2.47. The van der Waals surface area contributed by atoms with Crippen LogP contribution in [-0.4, -0.2) is 26.4 Å². The number of nitrogens with one attached hydrogen (secondary N) is 2. The molecule has 0 spiro atoms. The van der Waals surface area contributed by atoms with Crippen molar-refractivity contribution in [2.24, 2.45) is 23.5 Å². The molecule has 1 aromatic carbocycles. The summed E-state index contributed by atoms with van der Waals surface area (Å²) < 4.78 is 27.0. The third kappa shape index (κ3) is 4.27. The second kappa shape index (κ2) is 7.66. The first kappa shape index (κ1) is 19.3. The van der Waals surface area contributed by atoms with Crippen LogP contribution in [-0.2, 0) is 27.1 Å². The lowest BCUT2D eigenvalue weighted by Crippen LogP contribution is -2.45. The molecule has 4 atom stereocenters. The number of hydrogen-bond donors (Lipinski definition) is 3. The van der Waals surface area contributed by atoms with E-state index in [1.54, 1.807) is 19.9 Å². The van der Waals surface area contributed by atoms with Crippen LogP contribution in [0.1, 0.15) is 44.2 Å². The first-order chi connectivity index (χ1) is 12.3. The fourth-order valence-electron chi connectivity index (χ4n) is 4.50. The highest BCUT2D eigenvalue weighted by molar-refractivity contribution is 7.88. The largest absolute Gasteiger partial charge is 0.352 e. The Kier molecular flexibility index (Phi) is 5.69. The van der Waals surface area contributed by atoms with Crippen LogP contribution in [0.2, 0.25) is 0 Å². The van der Waals surface area contributed by atoms with Gasteiger partial charge in [0, 0.05) is 18.6 Å². The van der Waals surface area contributed by atoms with E-state index in [1.165, 1.54) is 0 Å². The number of carbonyl (C=O) groups is 1. The normalized spacial score (nSPS) is 27.8. The molecule has 1 amide bonds. The monoisotopic (exact) mass is 379 g/mol. The number of amides is 1. The van der Waals surface area contributed by atoms with Crippen molar-refractivity contribution in [1.29, 1.82) is 0 Å². The number of sulfonamides is 1. The molecule has 144 valence electrons. The topological polar surface area (TPSA) is 101 Å². The Balaban J connectivity index is 1.64. The Morgan fingerprint density at radius 1 is 1.19 bits per heavy atom. The van der Waals surface area contributed by atoms with Crippen LogP contribution in [0.5, 0.6) is 0 Å². The standard InChI is InChI=1S/C19H29N3O3S/c1-12(2)22-26(24,25)11-16-6-4-3-5-15(16)10-21-19(23)17-13-7-8-14(9-13)18(17)20/h3-6,12-14,17-18,22H,7-11,20H2,1-2H3,(H,21,23). The Bertz CT molecular complexity index is 761. The van der Waals surface area contributed by atoms with E-state index in [0.29, 0.717) is 23.9 Å². The van der Waals surface area contributed by atoms with Crippen molar-refractivity contribution in [3.8, 4) is 0 Å². The average Bonchev–Trinajstić information content (AvgIpc) is 3.13. The minimum absolute atomic E-state index is 0.00247. The third-order valence-electron chi connectivity index (χ3n) is 5.62. The number of carbonyl (C=O) groups excluding carboxylic acids is 1. The van der Waals surface area contributed by atoms with E-state index in [2.05, 4.69) is 10.0 Å². The van der Waals surface area contributed by atoms with Gasteiger partial charge in [-0.1, -0.05) is 24.3 Å². The lowest BCUT2D eigenvalue weighted by molar-refractivity contribution is -0.127. The van der Waals surface area contributed by atoms with Crippen molar-refractivity contribution in [3.63, 3.8) is 0 Å². The number of benzene rings is 1. The van der Waals surface area contributed by atoms with Crippen LogP contribution in [0.15, 0.2) is 24.3 Å². The van der Waals surface area contributed by atoms with Crippen molar-refractivity contribution in [2.45, 2.75) is 57.5 Å². The first-order valence-corrected chi connectivity index (χ1v) is 11.0. The molecule has 26 heavy (non-hydrogen) atoms.